The smallest absolute Gasteiger partial charge is 0.253 e. The molecule has 1 fully saturated rings. The van der Waals surface area contributed by atoms with Crippen molar-refractivity contribution >= 4 is 5.91 Å². The normalized spacial score (nSPS) is 17.0. The Morgan fingerprint density at radius 2 is 1.92 bits per heavy atom. The Kier molecular flexibility index (Phi) is 4.66. The largest absolute Gasteiger partial charge is 0.396 e. The highest BCUT2D eigenvalue weighted by atomic mass is 16.3. The monoisotopic (exact) mass is 328 g/mol. The molecule has 2 aromatic rings. The third-order valence-electron chi connectivity index (χ3n) is 5.19. The summed E-state index contributed by atoms with van der Waals surface area (Å²) in [4.78, 5) is 18.8. The van der Waals surface area contributed by atoms with Crippen molar-refractivity contribution in [2.75, 3.05) is 19.7 Å². The number of benzene rings is 1. The zero-order valence-corrected chi connectivity index (χ0v) is 14.3. The van der Waals surface area contributed by atoms with Crippen LogP contribution in [0.25, 0.3) is 11.4 Å². The van der Waals surface area contributed by atoms with Crippen molar-refractivity contribution in [1.29, 1.82) is 0 Å². The Morgan fingerprint density at radius 1 is 1.25 bits per heavy atom. The molecule has 3 rings (SSSR count). The van der Waals surface area contributed by atoms with Crippen LogP contribution in [0.1, 0.15) is 36.5 Å². The van der Waals surface area contributed by atoms with Crippen LogP contribution < -0.4 is 0 Å². The number of rotatable bonds is 4. The average Bonchev–Trinajstić information content (AvgIpc) is 3.08. The molecule has 1 amide bonds. The first-order valence-electron chi connectivity index (χ1n) is 8.43. The van der Waals surface area contributed by atoms with E-state index < -0.39 is 0 Å². The van der Waals surface area contributed by atoms with Gasteiger partial charge in [0.05, 0.1) is 0 Å². The van der Waals surface area contributed by atoms with Crippen LogP contribution in [0.2, 0.25) is 0 Å². The fraction of sp³-hybridized carbons (Fsp3) is 0.500. The molecule has 0 bridgehead atoms. The molecule has 1 N–H and O–H groups in total. The lowest BCUT2D eigenvalue weighted by atomic mass is 9.77. The molecule has 0 aliphatic carbocycles. The fourth-order valence-corrected chi connectivity index (χ4v) is 3.22. The van der Waals surface area contributed by atoms with Gasteiger partial charge in [-0.05, 0) is 36.8 Å². The average molecular weight is 328 g/mol. The summed E-state index contributed by atoms with van der Waals surface area (Å²) in [6, 6.07) is 7.44. The first-order valence-corrected chi connectivity index (χ1v) is 8.43. The zero-order valence-electron chi connectivity index (χ0n) is 14.3. The van der Waals surface area contributed by atoms with Crippen molar-refractivity contribution in [3.8, 4) is 11.4 Å². The number of carbonyl (C=O) groups excluding carboxylic acids is 1. The van der Waals surface area contributed by atoms with Gasteiger partial charge in [0, 0.05) is 37.9 Å². The van der Waals surface area contributed by atoms with Gasteiger partial charge < -0.3 is 10.0 Å². The lowest BCUT2D eigenvalue weighted by Crippen LogP contribution is -2.44. The summed E-state index contributed by atoms with van der Waals surface area (Å²) < 4.78 is 1.66. The lowest BCUT2D eigenvalue weighted by molar-refractivity contribution is 0.0338. The van der Waals surface area contributed by atoms with E-state index in [1.165, 1.54) is 0 Å². The fourth-order valence-electron chi connectivity index (χ4n) is 3.22. The van der Waals surface area contributed by atoms with Crippen LogP contribution in [0.4, 0.5) is 0 Å². The highest BCUT2D eigenvalue weighted by Crippen LogP contribution is 2.34. The van der Waals surface area contributed by atoms with Crippen molar-refractivity contribution < 1.29 is 9.90 Å². The molecule has 0 atom stereocenters. The van der Waals surface area contributed by atoms with E-state index in [2.05, 4.69) is 17.0 Å². The molecule has 2 heterocycles. The van der Waals surface area contributed by atoms with Gasteiger partial charge in [0.2, 0.25) is 0 Å². The quantitative estimate of drug-likeness (QED) is 0.933. The number of aryl methyl sites for hydroxylation is 1. The molecule has 0 unspecified atom stereocenters. The van der Waals surface area contributed by atoms with Crippen LogP contribution in [0.3, 0.4) is 0 Å². The van der Waals surface area contributed by atoms with Gasteiger partial charge in [-0.15, -0.1) is 0 Å². The van der Waals surface area contributed by atoms with Crippen LogP contribution in [-0.2, 0) is 7.05 Å². The third-order valence-corrected chi connectivity index (χ3v) is 5.19. The van der Waals surface area contributed by atoms with E-state index in [1.807, 2.05) is 36.2 Å². The number of likely N-dealkylation sites (tertiary alicyclic amines) is 1. The Morgan fingerprint density at radius 3 is 2.42 bits per heavy atom. The molecule has 0 radical (unpaired) electrons. The minimum absolute atomic E-state index is 0.00865. The molecule has 1 aliphatic rings. The first-order chi connectivity index (χ1) is 11.6. The molecule has 6 nitrogen and oxygen atoms in total. The predicted octanol–water partition coefficient (Wildman–Crippen LogP) is 2.11. The second-order valence-electron chi connectivity index (χ2n) is 6.62. The number of aliphatic hydroxyl groups excluding tert-OH is 1. The summed E-state index contributed by atoms with van der Waals surface area (Å²) in [7, 11) is 1.83. The molecule has 0 spiro atoms. The molecular weight excluding hydrogens is 304 g/mol. The van der Waals surface area contributed by atoms with Gasteiger partial charge in [-0.3, -0.25) is 9.48 Å². The number of amides is 1. The molecule has 1 aromatic heterocycles. The summed E-state index contributed by atoms with van der Waals surface area (Å²) in [6.45, 7) is 3.73. The van der Waals surface area contributed by atoms with Crippen LogP contribution >= 0.6 is 0 Å². The van der Waals surface area contributed by atoms with Crippen LogP contribution in [0, 0.1) is 5.41 Å². The summed E-state index contributed by atoms with van der Waals surface area (Å²) in [6.07, 6.45) is 4.34. The second-order valence-corrected chi connectivity index (χ2v) is 6.62. The van der Waals surface area contributed by atoms with E-state index in [-0.39, 0.29) is 17.9 Å². The standard InChI is InChI=1S/C18H24N4O2/c1-3-18(12-23)8-10-22(11-9-18)17(24)15-6-4-14(5-7-15)16-19-13-21(2)20-16/h4-7,13,23H,3,8-12H2,1-2H3. The number of hydrogen-bond donors (Lipinski definition) is 1. The minimum Gasteiger partial charge on any atom is -0.396 e. The topological polar surface area (TPSA) is 71.2 Å². The highest BCUT2D eigenvalue weighted by Gasteiger charge is 2.34. The molecule has 1 saturated heterocycles. The minimum atomic E-state index is -0.00865. The Balaban J connectivity index is 1.68. The lowest BCUT2D eigenvalue weighted by Gasteiger charge is -2.40. The first kappa shape index (κ1) is 16.6. The summed E-state index contributed by atoms with van der Waals surface area (Å²) >= 11 is 0. The molecule has 128 valence electrons. The van der Waals surface area contributed by atoms with Crippen LogP contribution in [0.5, 0.6) is 0 Å². The predicted molar refractivity (Wildman–Crippen MR) is 91.4 cm³/mol. The van der Waals surface area contributed by atoms with Gasteiger partial charge in [-0.25, -0.2) is 4.98 Å². The van der Waals surface area contributed by atoms with Gasteiger partial charge in [-0.1, -0.05) is 19.1 Å². The van der Waals surface area contributed by atoms with E-state index in [4.69, 9.17) is 0 Å². The number of piperidine rings is 1. The molecular formula is C18H24N4O2. The summed E-state index contributed by atoms with van der Waals surface area (Å²) in [5.74, 6) is 0.711. The Bertz CT molecular complexity index is 694. The maximum absolute atomic E-state index is 12.7. The van der Waals surface area contributed by atoms with Gasteiger partial charge in [0.15, 0.2) is 5.82 Å². The third kappa shape index (κ3) is 3.19. The second kappa shape index (κ2) is 6.73. The van der Waals surface area contributed by atoms with Gasteiger partial charge >= 0.3 is 0 Å². The van der Waals surface area contributed by atoms with Crippen molar-refractivity contribution in [2.45, 2.75) is 26.2 Å². The van der Waals surface area contributed by atoms with Crippen molar-refractivity contribution in [3.63, 3.8) is 0 Å². The van der Waals surface area contributed by atoms with Gasteiger partial charge in [-0.2, -0.15) is 5.10 Å². The van der Waals surface area contributed by atoms with Crippen LogP contribution in [0.15, 0.2) is 30.6 Å². The Hall–Kier alpha value is -2.21. The molecule has 1 aromatic carbocycles. The highest BCUT2D eigenvalue weighted by molar-refractivity contribution is 5.94. The van der Waals surface area contributed by atoms with E-state index in [1.54, 1.807) is 11.0 Å². The zero-order chi connectivity index (χ0) is 17.2. The number of aromatic nitrogens is 3. The van der Waals surface area contributed by atoms with E-state index in [0.29, 0.717) is 24.5 Å². The van der Waals surface area contributed by atoms with E-state index >= 15 is 0 Å². The Labute approximate surface area is 142 Å². The van der Waals surface area contributed by atoms with Crippen molar-refractivity contribution in [1.82, 2.24) is 19.7 Å². The summed E-state index contributed by atoms with van der Waals surface area (Å²) in [5.41, 5.74) is 1.57. The SMILES string of the molecule is CCC1(CO)CCN(C(=O)c2ccc(-c3ncn(C)n3)cc2)CC1. The maximum Gasteiger partial charge on any atom is 0.253 e. The molecule has 1 aliphatic heterocycles. The number of nitrogens with zero attached hydrogens (tertiary/aromatic N) is 4. The van der Waals surface area contributed by atoms with Gasteiger partial charge in [0.25, 0.3) is 5.91 Å². The van der Waals surface area contributed by atoms with Crippen LogP contribution in [-0.4, -0.2) is 50.4 Å². The van der Waals surface area contributed by atoms with E-state index in [9.17, 15) is 9.90 Å². The molecule has 6 heteroatoms. The van der Waals surface area contributed by atoms with Gasteiger partial charge in [0.1, 0.15) is 6.33 Å². The number of hydrogen-bond acceptors (Lipinski definition) is 4. The van der Waals surface area contributed by atoms with Crippen molar-refractivity contribution in [2.24, 2.45) is 12.5 Å². The summed E-state index contributed by atoms with van der Waals surface area (Å²) in [5, 5.41) is 13.9. The number of carbonyl (C=O) groups is 1. The molecule has 24 heavy (non-hydrogen) atoms. The maximum atomic E-state index is 12.7. The number of aliphatic hydroxyl groups is 1. The van der Waals surface area contributed by atoms with Crippen molar-refractivity contribution in [3.05, 3.63) is 36.2 Å². The van der Waals surface area contributed by atoms with E-state index in [0.717, 1.165) is 24.8 Å². The molecule has 0 saturated carbocycles.